The van der Waals surface area contributed by atoms with E-state index >= 15 is 0 Å². The van der Waals surface area contributed by atoms with Crippen molar-refractivity contribution in [2.75, 3.05) is 7.11 Å². The highest BCUT2D eigenvalue weighted by Crippen LogP contribution is 2.26. The molecule has 1 atom stereocenters. The zero-order chi connectivity index (χ0) is 15.8. The molecule has 0 aliphatic carbocycles. The number of nitrogens with one attached hydrogen (secondary N) is 1. The fraction of sp³-hybridized carbons (Fsp3) is 0.429. The fourth-order valence-corrected chi connectivity index (χ4v) is 2.04. The summed E-state index contributed by atoms with van der Waals surface area (Å²) in [6.07, 6.45) is 1.24. The number of ether oxygens (including phenoxy) is 1. The third kappa shape index (κ3) is 2.35. The second-order valence-corrected chi connectivity index (χ2v) is 5.30. The van der Waals surface area contributed by atoms with Gasteiger partial charge in [0.15, 0.2) is 6.20 Å². The Bertz CT molecular complexity index is 639. The molecule has 0 bridgehead atoms. The topological polar surface area (TPSA) is 94.7 Å². The fourth-order valence-electron chi connectivity index (χ4n) is 2.04. The Morgan fingerprint density at radius 1 is 1.52 bits per heavy atom. The summed E-state index contributed by atoms with van der Waals surface area (Å²) in [5.74, 6) is -0.926. The molecule has 21 heavy (non-hydrogen) atoms. The van der Waals surface area contributed by atoms with Gasteiger partial charge in [-0.15, -0.1) is 0 Å². The predicted molar refractivity (Wildman–Crippen MR) is 74.7 cm³/mol. The van der Waals surface area contributed by atoms with E-state index in [0.29, 0.717) is 4.73 Å². The monoisotopic (exact) mass is 291 g/mol. The molecule has 7 nitrogen and oxygen atoms in total. The first-order chi connectivity index (χ1) is 9.81. The van der Waals surface area contributed by atoms with Crippen molar-refractivity contribution in [3.05, 3.63) is 34.8 Å². The Kier molecular flexibility index (Phi) is 3.67. The predicted octanol–water partition coefficient (Wildman–Crippen LogP) is 0.398. The van der Waals surface area contributed by atoms with Gasteiger partial charge in [0.05, 0.1) is 7.11 Å². The smallest absolute Gasteiger partial charge is 0.344 e. The van der Waals surface area contributed by atoms with Gasteiger partial charge in [-0.05, 0) is 18.9 Å². The molecule has 0 saturated carbocycles. The maximum Gasteiger partial charge on any atom is 0.344 e. The number of amidine groups is 1. The van der Waals surface area contributed by atoms with Crippen LogP contribution in [0.25, 0.3) is 0 Å². The van der Waals surface area contributed by atoms with Crippen LogP contribution in [0.3, 0.4) is 0 Å². The van der Waals surface area contributed by atoms with Gasteiger partial charge < -0.3 is 15.3 Å². The van der Waals surface area contributed by atoms with Gasteiger partial charge in [0.25, 0.3) is 11.6 Å². The molecule has 0 radical (unpaired) electrons. The van der Waals surface area contributed by atoms with E-state index in [1.807, 2.05) is 13.8 Å². The Morgan fingerprint density at radius 3 is 2.71 bits per heavy atom. The van der Waals surface area contributed by atoms with Gasteiger partial charge in [0.2, 0.25) is 5.84 Å². The van der Waals surface area contributed by atoms with Gasteiger partial charge in [-0.1, -0.05) is 13.8 Å². The van der Waals surface area contributed by atoms with E-state index in [1.165, 1.54) is 25.4 Å². The second-order valence-electron chi connectivity index (χ2n) is 5.30. The number of hydrogen-bond acceptors (Lipinski definition) is 5. The van der Waals surface area contributed by atoms with Crippen LogP contribution in [0.1, 0.15) is 36.8 Å². The Balaban J connectivity index is 2.59. The van der Waals surface area contributed by atoms with Crippen LogP contribution in [0, 0.1) is 11.1 Å². The molecule has 0 aromatic carbocycles. The van der Waals surface area contributed by atoms with Crippen molar-refractivity contribution in [2.45, 2.75) is 26.3 Å². The number of hydrogen-bond donors (Lipinski definition) is 1. The van der Waals surface area contributed by atoms with Crippen LogP contribution in [-0.4, -0.2) is 30.4 Å². The first-order valence-corrected chi connectivity index (χ1v) is 6.53. The lowest BCUT2D eigenvalue weighted by atomic mass is 9.89. The van der Waals surface area contributed by atoms with Crippen molar-refractivity contribution in [2.24, 2.45) is 10.9 Å². The summed E-state index contributed by atoms with van der Waals surface area (Å²) in [7, 11) is 1.22. The number of aliphatic imine (C=N–C) groups is 1. The lowest BCUT2D eigenvalue weighted by Gasteiger charge is -2.21. The van der Waals surface area contributed by atoms with E-state index in [4.69, 9.17) is 0 Å². The van der Waals surface area contributed by atoms with Crippen LogP contribution in [0.5, 0.6) is 0 Å². The summed E-state index contributed by atoms with van der Waals surface area (Å²) < 4.78 is 5.16. The van der Waals surface area contributed by atoms with E-state index in [0.717, 1.165) is 0 Å². The number of esters is 1. The molecule has 0 spiro atoms. The number of pyridine rings is 1. The van der Waals surface area contributed by atoms with Crippen molar-refractivity contribution < 1.29 is 19.1 Å². The molecule has 1 aliphatic rings. The number of aromatic nitrogens is 1. The van der Waals surface area contributed by atoms with E-state index < -0.39 is 11.5 Å². The van der Waals surface area contributed by atoms with E-state index in [9.17, 15) is 14.8 Å². The highest BCUT2D eigenvalue weighted by atomic mass is 16.5. The number of carbonyl (C=O) groups excluding carboxylic acids is 2. The number of nitrogens with zero attached hydrogens (tertiary/aromatic N) is 2. The molecule has 1 N–H and O–H groups in total. The highest BCUT2D eigenvalue weighted by molar-refractivity contribution is 6.16. The molecule has 1 aromatic heterocycles. The third-order valence-electron chi connectivity index (χ3n) is 3.75. The van der Waals surface area contributed by atoms with Crippen molar-refractivity contribution >= 4 is 17.7 Å². The molecule has 1 amide bonds. The molecule has 2 heterocycles. The quantitative estimate of drug-likeness (QED) is 0.495. The number of amides is 1. The summed E-state index contributed by atoms with van der Waals surface area (Å²) in [6, 6.07) is 2.89. The average molecular weight is 291 g/mol. The lowest BCUT2D eigenvalue weighted by Crippen LogP contribution is -2.44. The Labute approximate surface area is 122 Å². The minimum Gasteiger partial charge on any atom is -0.618 e. The molecule has 0 saturated heterocycles. The largest absolute Gasteiger partial charge is 0.618 e. The summed E-state index contributed by atoms with van der Waals surface area (Å²) >= 11 is 0. The van der Waals surface area contributed by atoms with Crippen LogP contribution in [0.2, 0.25) is 0 Å². The van der Waals surface area contributed by atoms with Crippen molar-refractivity contribution in [1.29, 1.82) is 0 Å². The van der Waals surface area contributed by atoms with Crippen LogP contribution >= 0.6 is 0 Å². The maximum absolute atomic E-state index is 12.1. The van der Waals surface area contributed by atoms with E-state index in [-0.39, 0.29) is 28.9 Å². The second kappa shape index (κ2) is 5.16. The molecule has 7 heteroatoms. The average Bonchev–Trinajstić information content (AvgIpc) is 2.74. The normalized spacial score (nSPS) is 21.2. The maximum atomic E-state index is 12.1. The molecule has 2 rings (SSSR count). The summed E-state index contributed by atoms with van der Waals surface area (Å²) in [5.41, 5.74) is -0.921. The number of carbonyl (C=O) groups is 2. The van der Waals surface area contributed by atoms with Crippen LogP contribution in [-0.2, 0) is 9.53 Å². The van der Waals surface area contributed by atoms with E-state index in [1.54, 1.807) is 6.92 Å². The molecule has 1 aliphatic heterocycles. The van der Waals surface area contributed by atoms with E-state index in [2.05, 4.69) is 15.0 Å². The molecule has 1 aromatic rings. The van der Waals surface area contributed by atoms with Crippen LogP contribution < -0.4 is 10.0 Å². The number of methoxy groups -OCH3 is 1. The van der Waals surface area contributed by atoms with Gasteiger partial charge in [-0.3, -0.25) is 4.79 Å². The molecule has 0 fully saturated rings. The SMILES string of the molecule is COC(=O)c1ccc[n+]([O-])c1C1=NC(C)(C(C)C)C(=O)N1. The minimum absolute atomic E-state index is 0.0120. The molecular weight excluding hydrogens is 274 g/mol. The third-order valence-corrected chi connectivity index (χ3v) is 3.75. The zero-order valence-corrected chi connectivity index (χ0v) is 12.3. The van der Waals surface area contributed by atoms with Crippen molar-refractivity contribution in [3.8, 4) is 0 Å². The first-order valence-electron chi connectivity index (χ1n) is 6.53. The van der Waals surface area contributed by atoms with Gasteiger partial charge in [-0.2, -0.15) is 4.73 Å². The van der Waals surface area contributed by atoms with Gasteiger partial charge in [-0.25, -0.2) is 9.79 Å². The Morgan fingerprint density at radius 2 is 2.19 bits per heavy atom. The first kappa shape index (κ1) is 15.0. The standard InChI is InChI=1S/C14H17N3O4/c1-8(2)14(3)13(19)15-11(16-14)10-9(12(18)21-4)6-5-7-17(10)20/h5-8H,1-4H3,(H,15,16,19). The van der Waals surface area contributed by atoms with Gasteiger partial charge in [0.1, 0.15) is 11.1 Å². The van der Waals surface area contributed by atoms with Crippen molar-refractivity contribution in [1.82, 2.24) is 5.32 Å². The van der Waals surface area contributed by atoms with Crippen LogP contribution in [0.4, 0.5) is 0 Å². The highest BCUT2D eigenvalue weighted by Gasteiger charge is 2.44. The van der Waals surface area contributed by atoms with Crippen molar-refractivity contribution in [3.63, 3.8) is 0 Å². The van der Waals surface area contributed by atoms with Crippen LogP contribution in [0.15, 0.2) is 23.3 Å². The summed E-state index contributed by atoms with van der Waals surface area (Å²) in [6.45, 7) is 5.42. The van der Waals surface area contributed by atoms with Gasteiger partial charge in [0, 0.05) is 6.07 Å². The lowest BCUT2D eigenvalue weighted by molar-refractivity contribution is -0.607. The van der Waals surface area contributed by atoms with Gasteiger partial charge >= 0.3 is 5.97 Å². The summed E-state index contributed by atoms with van der Waals surface area (Å²) in [5, 5.41) is 14.6. The molecule has 1 unspecified atom stereocenters. The molecule has 112 valence electrons. The zero-order valence-electron chi connectivity index (χ0n) is 12.3. The minimum atomic E-state index is -0.967. The molecular formula is C14H17N3O4. The summed E-state index contributed by atoms with van der Waals surface area (Å²) in [4.78, 5) is 28.2. The Hall–Kier alpha value is -2.44. The number of rotatable bonds is 3.